The zero-order valence-corrected chi connectivity index (χ0v) is 15.2. The molecule has 2 aliphatic carbocycles. The van der Waals surface area contributed by atoms with Crippen LogP contribution in [-0.2, 0) is 4.79 Å². The Balaban J connectivity index is 1.20. The Morgan fingerprint density at radius 1 is 1.18 bits per heavy atom. The minimum Gasteiger partial charge on any atom is -0.406 e. The van der Waals surface area contributed by atoms with Gasteiger partial charge >= 0.3 is 6.36 Å². The van der Waals surface area contributed by atoms with Gasteiger partial charge in [-0.05, 0) is 48.8 Å². The van der Waals surface area contributed by atoms with Gasteiger partial charge in [0.15, 0.2) is 0 Å². The lowest BCUT2D eigenvalue weighted by molar-refractivity contribution is -0.274. The number of amides is 2. The second kappa shape index (κ2) is 7.27. The molecule has 0 radical (unpaired) electrons. The van der Waals surface area contributed by atoms with Crippen molar-refractivity contribution < 1.29 is 27.5 Å². The van der Waals surface area contributed by atoms with E-state index >= 15 is 0 Å². The molecule has 2 N–H and O–H groups in total. The molecule has 6 nitrogen and oxygen atoms in total. The molecule has 152 valence electrons. The molecule has 28 heavy (non-hydrogen) atoms. The number of nitrogens with one attached hydrogen (secondary N) is 2. The van der Waals surface area contributed by atoms with E-state index in [2.05, 4.69) is 20.3 Å². The standard InChI is InChI=1S/C19H22F3N3O3/c20-19(21,22)28-13-3-1-2-11(6-13)18(27)23-7-14-15-8-25(9-16(14)15)10-17(26)24-12-4-5-12/h1-3,6,12,14-16H,4-5,7-10H2,(H,23,27)(H,24,26). The summed E-state index contributed by atoms with van der Waals surface area (Å²) in [6.45, 7) is 2.60. The summed E-state index contributed by atoms with van der Waals surface area (Å²) in [4.78, 5) is 26.2. The van der Waals surface area contributed by atoms with Crippen molar-refractivity contribution in [3.63, 3.8) is 0 Å². The van der Waals surface area contributed by atoms with Gasteiger partial charge in [-0.25, -0.2) is 0 Å². The van der Waals surface area contributed by atoms with E-state index in [4.69, 9.17) is 0 Å². The van der Waals surface area contributed by atoms with Gasteiger partial charge in [-0.15, -0.1) is 13.2 Å². The number of rotatable bonds is 7. The summed E-state index contributed by atoms with van der Waals surface area (Å²) in [7, 11) is 0. The topological polar surface area (TPSA) is 70.7 Å². The molecule has 2 atom stereocenters. The minimum atomic E-state index is -4.79. The van der Waals surface area contributed by atoms with Crippen molar-refractivity contribution in [3.05, 3.63) is 29.8 Å². The van der Waals surface area contributed by atoms with Crippen LogP contribution in [0.3, 0.4) is 0 Å². The number of fused-ring (bicyclic) bond motifs is 1. The van der Waals surface area contributed by atoms with Crippen molar-refractivity contribution in [2.45, 2.75) is 25.2 Å². The Hall–Kier alpha value is -2.29. The third-order valence-corrected chi connectivity index (χ3v) is 5.58. The Labute approximate surface area is 160 Å². The number of nitrogens with zero attached hydrogens (tertiary/aromatic N) is 1. The van der Waals surface area contributed by atoms with Gasteiger partial charge in [-0.3, -0.25) is 14.5 Å². The summed E-state index contributed by atoms with van der Waals surface area (Å²) >= 11 is 0. The van der Waals surface area contributed by atoms with Crippen LogP contribution >= 0.6 is 0 Å². The predicted octanol–water partition coefficient (Wildman–Crippen LogP) is 1.77. The highest BCUT2D eigenvalue weighted by Crippen LogP contribution is 2.51. The van der Waals surface area contributed by atoms with Crippen LogP contribution in [0.5, 0.6) is 5.75 Å². The zero-order chi connectivity index (χ0) is 19.9. The molecular weight excluding hydrogens is 375 g/mol. The van der Waals surface area contributed by atoms with Crippen LogP contribution in [0.25, 0.3) is 0 Å². The maximum Gasteiger partial charge on any atom is 0.573 e. The lowest BCUT2D eigenvalue weighted by Gasteiger charge is -2.19. The fourth-order valence-electron chi connectivity index (χ4n) is 4.02. The largest absolute Gasteiger partial charge is 0.573 e. The molecule has 3 aliphatic rings. The summed E-state index contributed by atoms with van der Waals surface area (Å²) < 4.78 is 40.7. The normalized spacial score (nSPS) is 26.5. The number of carbonyl (C=O) groups is 2. The molecule has 9 heteroatoms. The van der Waals surface area contributed by atoms with Crippen molar-refractivity contribution in [1.82, 2.24) is 15.5 Å². The first-order valence-electron chi connectivity index (χ1n) is 9.44. The molecule has 2 amide bonds. The van der Waals surface area contributed by atoms with Gasteiger partial charge in [0, 0.05) is 31.2 Å². The number of piperidine rings is 1. The van der Waals surface area contributed by atoms with E-state index in [-0.39, 0.29) is 11.5 Å². The Bertz CT molecular complexity index is 754. The van der Waals surface area contributed by atoms with Crippen LogP contribution in [0.2, 0.25) is 0 Å². The Morgan fingerprint density at radius 3 is 2.54 bits per heavy atom. The van der Waals surface area contributed by atoms with Crippen molar-refractivity contribution in [2.75, 3.05) is 26.2 Å². The van der Waals surface area contributed by atoms with Gasteiger partial charge < -0.3 is 15.4 Å². The highest BCUT2D eigenvalue weighted by Gasteiger charge is 2.55. The lowest BCUT2D eigenvalue weighted by atomic mass is 10.2. The van der Waals surface area contributed by atoms with E-state index in [1.54, 1.807) is 0 Å². The fourth-order valence-corrected chi connectivity index (χ4v) is 4.02. The molecule has 1 aliphatic heterocycles. The van der Waals surface area contributed by atoms with E-state index in [0.29, 0.717) is 36.9 Å². The first-order valence-corrected chi connectivity index (χ1v) is 9.44. The Morgan fingerprint density at radius 2 is 1.89 bits per heavy atom. The molecule has 0 bridgehead atoms. The highest BCUT2D eigenvalue weighted by atomic mass is 19.4. The van der Waals surface area contributed by atoms with Crippen molar-refractivity contribution >= 4 is 11.8 Å². The predicted molar refractivity (Wildman–Crippen MR) is 93.5 cm³/mol. The Kier molecular flexibility index (Phi) is 4.95. The molecule has 1 heterocycles. The number of carbonyl (C=O) groups excluding carboxylic acids is 2. The van der Waals surface area contributed by atoms with Gasteiger partial charge in [-0.2, -0.15) is 0 Å². The molecule has 3 fully saturated rings. The summed E-state index contributed by atoms with van der Waals surface area (Å²) in [6, 6.07) is 5.41. The SMILES string of the molecule is O=C(CN1CC2C(CNC(=O)c3cccc(OC(F)(F)F)c3)C2C1)NC1CC1. The first kappa shape index (κ1) is 19.0. The maximum atomic E-state index is 12.3. The molecule has 0 spiro atoms. The maximum absolute atomic E-state index is 12.3. The molecule has 2 saturated carbocycles. The van der Waals surface area contributed by atoms with E-state index in [0.717, 1.165) is 38.1 Å². The second-order valence-corrected chi connectivity index (χ2v) is 7.81. The van der Waals surface area contributed by atoms with Gasteiger partial charge in [0.05, 0.1) is 6.54 Å². The van der Waals surface area contributed by atoms with Gasteiger partial charge in [0.1, 0.15) is 5.75 Å². The van der Waals surface area contributed by atoms with Gasteiger partial charge in [0.25, 0.3) is 5.91 Å². The van der Waals surface area contributed by atoms with Crippen LogP contribution < -0.4 is 15.4 Å². The van der Waals surface area contributed by atoms with Crippen LogP contribution in [0.15, 0.2) is 24.3 Å². The summed E-state index contributed by atoms with van der Waals surface area (Å²) in [5.41, 5.74) is 0.130. The quantitative estimate of drug-likeness (QED) is 0.736. The van der Waals surface area contributed by atoms with Crippen LogP contribution in [0.4, 0.5) is 13.2 Å². The van der Waals surface area contributed by atoms with Crippen molar-refractivity contribution in [1.29, 1.82) is 0 Å². The van der Waals surface area contributed by atoms with Gasteiger partial charge in [0.2, 0.25) is 5.91 Å². The number of hydrogen-bond donors (Lipinski definition) is 2. The minimum absolute atomic E-state index is 0.0783. The smallest absolute Gasteiger partial charge is 0.406 e. The highest BCUT2D eigenvalue weighted by molar-refractivity contribution is 5.94. The average Bonchev–Trinajstić information content (AvgIpc) is 3.49. The number of likely N-dealkylation sites (tertiary alicyclic amines) is 1. The zero-order valence-electron chi connectivity index (χ0n) is 15.2. The van der Waals surface area contributed by atoms with Crippen molar-refractivity contribution in [2.24, 2.45) is 17.8 Å². The molecule has 1 saturated heterocycles. The lowest BCUT2D eigenvalue weighted by Crippen LogP contribution is -2.39. The number of hydrogen-bond acceptors (Lipinski definition) is 4. The number of ether oxygens (including phenoxy) is 1. The van der Waals surface area contributed by atoms with Crippen LogP contribution in [-0.4, -0.2) is 55.3 Å². The average molecular weight is 397 g/mol. The first-order chi connectivity index (χ1) is 13.3. The monoisotopic (exact) mass is 397 g/mol. The molecular formula is C19H22F3N3O3. The van der Waals surface area contributed by atoms with E-state index in [1.807, 2.05) is 0 Å². The van der Waals surface area contributed by atoms with Crippen LogP contribution in [0.1, 0.15) is 23.2 Å². The molecule has 1 aromatic rings. The number of benzene rings is 1. The number of alkyl halides is 3. The van der Waals surface area contributed by atoms with E-state index in [9.17, 15) is 22.8 Å². The molecule has 0 aromatic heterocycles. The van der Waals surface area contributed by atoms with E-state index < -0.39 is 18.0 Å². The summed E-state index contributed by atoms with van der Waals surface area (Å²) in [5, 5.41) is 5.78. The number of halogens is 3. The second-order valence-electron chi connectivity index (χ2n) is 7.81. The third kappa shape index (κ3) is 4.76. The molecule has 2 unspecified atom stereocenters. The van der Waals surface area contributed by atoms with Crippen molar-refractivity contribution in [3.8, 4) is 5.75 Å². The molecule has 4 rings (SSSR count). The van der Waals surface area contributed by atoms with Gasteiger partial charge in [-0.1, -0.05) is 6.07 Å². The van der Waals surface area contributed by atoms with E-state index in [1.165, 1.54) is 12.1 Å². The third-order valence-electron chi connectivity index (χ3n) is 5.58. The molecule has 1 aromatic carbocycles. The van der Waals surface area contributed by atoms with Crippen LogP contribution in [0, 0.1) is 17.8 Å². The summed E-state index contributed by atoms with van der Waals surface area (Å²) in [5.74, 6) is 0.542. The fraction of sp³-hybridized carbons (Fsp3) is 0.579. The summed E-state index contributed by atoms with van der Waals surface area (Å²) in [6.07, 6.45) is -2.64.